The van der Waals surface area contributed by atoms with Crippen molar-refractivity contribution in [2.75, 3.05) is 6.61 Å². The highest BCUT2D eigenvalue weighted by molar-refractivity contribution is 5.89. The van der Waals surface area contributed by atoms with Crippen LogP contribution in [0.5, 0.6) is 0 Å². The summed E-state index contributed by atoms with van der Waals surface area (Å²) in [4.78, 5) is 24.7. The van der Waals surface area contributed by atoms with E-state index in [0.717, 1.165) is 6.42 Å². The lowest BCUT2D eigenvalue weighted by Gasteiger charge is -2.43. The molecule has 1 fully saturated rings. The van der Waals surface area contributed by atoms with Crippen LogP contribution in [0.3, 0.4) is 0 Å². The number of hydrogen-bond acceptors (Lipinski definition) is 3. The van der Waals surface area contributed by atoms with E-state index in [1.807, 2.05) is 12.2 Å². The lowest BCUT2D eigenvalue weighted by atomic mass is 9.97. The molecule has 15 heavy (non-hydrogen) atoms. The molecule has 1 amide bonds. The fourth-order valence-corrected chi connectivity index (χ4v) is 2.16. The molecule has 0 aromatic heterocycles. The van der Waals surface area contributed by atoms with Crippen LogP contribution in [0.4, 0.5) is 0 Å². The summed E-state index contributed by atoms with van der Waals surface area (Å²) in [6, 6.07) is -0.180. The molecule has 0 saturated carbocycles. The van der Waals surface area contributed by atoms with Gasteiger partial charge in [-0.2, -0.15) is 0 Å². The van der Waals surface area contributed by atoms with E-state index in [1.54, 1.807) is 11.8 Å². The van der Waals surface area contributed by atoms with Crippen molar-refractivity contribution in [3.63, 3.8) is 0 Å². The minimum Gasteiger partial charge on any atom is -0.464 e. The highest BCUT2D eigenvalue weighted by atomic mass is 16.5. The third-order valence-electron chi connectivity index (χ3n) is 2.92. The lowest BCUT2D eigenvalue weighted by molar-refractivity contribution is -0.164. The van der Waals surface area contributed by atoms with E-state index < -0.39 is 6.04 Å². The molecular formula is C11H15NO3. The second-order valence-corrected chi connectivity index (χ2v) is 3.87. The van der Waals surface area contributed by atoms with E-state index >= 15 is 0 Å². The van der Waals surface area contributed by atoms with Crippen LogP contribution >= 0.6 is 0 Å². The number of esters is 1. The first-order valence-corrected chi connectivity index (χ1v) is 5.36. The molecule has 0 aliphatic carbocycles. The van der Waals surface area contributed by atoms with Crippen molar-refractivity contribution in [3.8, 4) is 0 Å². The van der Waals surface area contributed by atoms with E-state index in [2.05, 4.69) is 0 Å². The molecule has 0 spiro atoms. The summed E-state index contributed by atoms with van der Waals surface area (Å²) >= 11 is 0. The third-order valence-corrected chi connectivity index (χ3v) is 2.92. The van der Waals surface area contributed by atoms with Crippen LogP contribution in [0.25, 0.3) is 0 Å². The first-order valence-electron chi connectivity index (χ1n) is 5.36. The van der Waals surface area contributed by atoms with E-state index in [0.29, 0.717) is 19.4 Å². The fraction of sp³-hybridized carbons (Fsp3) is 0.636. The normalized spacial score (nSPS) is 29.1. The van der Waals surface area contributed by atoms with Gasteiger partial charge >= 0.3 is 5.97 Å². The Bertz CT molecular complexity index is 311. The summed E-state index contributed by atoms with van der Waals surface area (Å²) in [6.45, 7) is 2.14. The van der Waals surface area contributed by atoms with Crippen LogP contribution in [0, 0.1) is 0 Å². The first kappa shape index (κ1) is 10.2. The number of hydrogen-bond donors (Lipinski definition) is 0. The molecule has 0 aromatic rings. The fourth-order valence-electron chi connectivity index (χ4n) is 2.16. The number of β-lactam (4-membered cyclic amide) rings is 1. The van der Waals surface area contributed by atoms with E-state index in [4.69, 9.17) is 4.74 Å². The van der Waals surface area contributed by atoms with Crippen molar-refractivity contribution < 1.29 is 14.3 Å². The van der Waals surface area contributed by atoms with Gasteiger partial charge in [-0.15, -0.1) is 0 Å². The summed E-state index contributed by atoms with van der Waals surface area (Å²) in [5, 5.41) is 0. The van der Waals surface area contributed by atoms with E-state index in [1.165, 1.54) is 0 Å². The highest BCUT2D eigenvalue weighted by Crippen LogP contribution is 2.29. The van der Waals surface area contributed by atoms with Gasteiger partial charge in [0.15, 0.2) is 0 Å². The Morgan fingerprint density at radius 2 is 2.27 bits per heavy atom. The van der Waals surface area contributed by atoms with E-state index in [9.17, 15) is 9.59 Å². The van der Waals surface area contributed by atoms with Crippen molar-refractivity contribution in [1.82, 2.24) is 4.90 Å². The SMILES string of the molecule is CCOC(=O)[C@H]1CC=CC[C@@H]2CC(=O)N21. The highest BCUT2D eigenvalue weighted by Gasteiger charge is 2.43. The van der Waals surface area contributed by atoms with Gasteiger partial charge in [-0.1, -0.05) is 12.2 Å². The Hall–Kier alpha value is -1.32. The van der Waals surface area contributed by atoms with Gasteiger partial charge in [0.2, 0.25) is 5.91 Å². The molecule has 0 N–H and O–H groups in total. The second-order valence-electron chi connectivity index (χ2n) is 3.87. The minimum atomic E-state index is -0.394. The zero-order valence-corrected chi connectivity index (χ0v) is 8.81. The Morgan fingerprint density at radius 3 is 2.93 bits per heavy atom. The molecule has 2 aliphatic rings. The van der Waals surface area contributed by atoms with Gasteiger partial charge in [0.1, 0.15) is 6.04 Å². The van der Waals surface area contributed by atoms with Crippen LogP contribution in [-0.2, 0) is 14.3 Å². The van der Waals surface area contributed by atoms with Gasteiger partial charge in [0.05, 0.1) is 6.61 Å². The largest absolute Gasteiger partial charge is 0.464 e. The minimum absolute atomic E-state index is 0.0711. The number of nitrogens with zero attached hydrogens (tertiary/aromatic N) is 1. The van der Waals surface area contributed by atoms with Gasteiger partial charge in [0, 0.05) is 12.5 Å². The van der Waals surface area contributed by atoms with Gasteiger partial charge in [-0.3, -0.25) is 4.79 Å². The number of fused-ring (bicyclic) bond motifs is 1. The number of carbonyl (C=O) groups is 2. The zero-order valence-electron chi connectivity index (χ0n) is 8.81. The van der Waals surface area contributed by atoms with Gasteiger partial charge < -0.3 is 9.64 Å². The summed E-state index contributed by atoms with van der Waals surface area (Å²) in [7, 11) is 0. The zero-order chi connectivity index (χ0) is 10.8. The monoisotopic (exact) mass is 209 g/mol. The van der Waals surface area contributed by atoms with Crippen molar-refractivity contribution in [2.45, 2.75) is 38.3 Å². The lowest BCUT2D eigenvalue weighted by Crippen LogP contribution is -2.59. The van der Waals surface area contributed by atoms with Crippen molar-refractivity contribution in [2.24, 2.45) is 0 Å². The van der Waals surface area contributed by atoms with Gasteiger partial charge in [-0.25, -0.2) is 4.79 Å². The van der Waals surface area contributed by atoms with Crippen LogP contribution in [0.15, 0.2) is 12.2 Å². The quantitative estimate of drug-likeness (QED) is 0.385. The molecule has 0 unspecified atom stereocenters. The molecule has 0 aromatic carbocycles. The van der Waals surface area contributed by atoms with Crippen LogP contribution in [0.1, 0.15) is 26.2 Å². The predicted molar refractivity (Wildman–Crippen MR) is 54.0 cm³/mol. The van der Waals surface area contributed by atoms with Crippen LogP contribution < -0.4 is 0 Å². The maximum absolute atomic E-state index is 11.6. The van der Waals surface area contributed by atoms with Crippen LogP contribution in [-0.4, -0.2) is 35.5 Å². The molecule has 1 saturated heterocycles. The molecular weight excluding hydrogens is 194 g/mol. The molecule has 2 heterocycles. The Labute approximate surface area is 88.9 Å². The molecule has 2 atom stereocenters. The van der Waals surface area contributed by atoms with E-state index in [-0.39, 0.29) is 17.9 Å². The topological polar surface area (TPSA) is 46.6 Å². The average Bonchev–Trinajstić information content (AvgIpc) is 2.36. The number of carbonyl (C=O) groups excluding carboxylic acids is 2. The van der Waals surface area contributed by atoms with Crippen molar-refractivity contribution in [3.05, 3.63) is 12.2 Å². The number of ether oxygens (including phenoxy) is 1. The summed E-state index contributed by atoms with van der Waals surface area (Å²) in [5.74, 6) is -0.205. The standard InChI is InChI=1S/C11H15NO3/c1-2-15-11(14)9-6-4-3-5-8-7-10(13)12(8)9/h3-4,8-9H,2,5-7H2,1H3/t8-,9-/m1/s1. The molecule has 82 valence electrons. The maximum Gasteiger partial charge on any atom is 0.329 e. The Morgan fingerprint density at radius 1 is 1.53 bits per heavy atom. The van der Waals surface area contributed by atoms with Gasteiger partial charge in [-0.05, 0) is 19.8 Å². The predicted octanol–water partition coefficient (Wildman–Crippen LogP) is 0.869. The average molecular weight is 209 g/mol. The molecule has 2 aliphatic heterocycles. The molecule has 4 heteroatoms. The maximum atomic E-state index is 11.6. The van der Waals surface area contributed by atoms with Crippen molar-refractivity contribution in [1.29, 1.82) is 0 Å². The molecule has 2 rings (SSSR count). The second kappa shape index (κ2) is 4.04. The first-order chi connectivity index (χ1) is 7.24. The molecule has 0 radical (unpaired) electrons. The number of rotatable bonds is 2. The Balaban J connectivity index is 2.10. The molecule has 4 nitrogen and oxygen atoms in total. The molecule has 0 bridgehead atoms. The third kappa shape index (κ3) is 1.76. The van der Waals surface area contributed by atoms with Crippen LogP contribution in [0.2, 0.25) is 0 Å². The number of amides is 1. The van der Waals surface area contributed by atoms with Crippen molar-refractivity contribution >= 4 is 11.9 Å². The summed E-state index contributed by atoms with van der Waals surface area (Å²) in [5.41, 5.74) is 0. The summed E-state index contributed by atoms with van der Waals surface area (Å²) < 4.78 is 4.97. The summed E-state index contributed by atoms with van der Waals surface area (Å²) in [6.07, 6.45) is 6.03. The Kier molecular flexibility index (Phi) is 2.75. The smallest absolute Gasteiger partial charge is 0.329 e. The van der Waals surface area contributed by atoms with Gasteiger partial charge in [0.25, 0.3) is 0 Å².